The highest BCUT2D eigenvalue weighted by molar-refractivity contribution is 7.21. The summed E-state index contributed by atoms with van der Waals surface area (Å²) < 4.78 is 0.934. The van der Waals surface area contributed by atoms with E-state index in [1.165, 1.54) is 30.4 Å². The number of benzene rings is 2. The Morgan fingerprint density at radius 2 is 1.95 bits per heavy atom. The summed E-state index contributed by atoms with van der Waals surface area (Å²) in [6.45, 7) is 1.46. The van der Waals surface area contributed by atoms with Crippen LogP contribution in [0.4, 0.5) is 5.69 Å². The fraction of sp³-hybridized carbons (Fsp3) is 0.0667. The van der Waals surface area contributed by atoms with Crippen LogP contribution in [0.5, 0.6) is 11.5 Å². The Labute approximate surface area is 124 Å². The van der Waals surface area contributed by atoms with Crippen LogP contribution >= 0.6 is 11.3 Å². The van der Waals surface area contributed by atoms with E-state index >= 15 is 0 Å². The first-order valence-corrected chi connectivity index (χ1v) is 7.05. The first kappa shape index (κ1) is 13.4. The van der Waals surface area contributed by atoms with Gasteiger partial charge in [-0.1, -0.05) is 0 Å². The molecule has 0 aliphatic rings. The zero-order valence-electron chi connectivity index (χ0n) is 11.1. The molecule has 0 unspecified atom stereocenters. The van der Waals surface area contributed by atoms with E-state index in [0.29, 0.717) is 0 Å². The Morgan fingerprint density at radius 1 is 1.14 bits per heavy atom. The van der Waals surface area contributed by atoms with Crippen LogP contribution in [0.2, 0.25) is 0 Å². The highest BCUT2D eigenvalue weighted by Gasteiger charge is 2.09. The smallest absolute Gasteiger partial charge is 0.221 e. The van der Waals surface area contributed by atoms with E-state index in [1.807, 2.05) is 12.1 Å². The summed E-state index contributed by atoms with van der Waals surface area (Å²) in [5.74, 6) is -0.457. The normalized spacial score (nSPS) is 10.7. The molecule has 0 fully saturated rings. The van der Waals surface area contributed by atoms with E-state index in [1.54, 1.807) is 12.1 Å². The standard InChI is InChI=1S/C15H12N2O3S/c1-8(18)16-10-3-4-11-14(7-10)21-15(17-11)9-2-5-12(19)13(20)6-9/h2-7,19-20H,1H3,(H,16,18). The van der Waals surface area contributed by atoms with Gasteiger partial charge in [-0.25, -0.2) is 4.98 Å². The summed E-state index contributed by atoms with van der Waals surface area (Å²) in [6.07, 6.45) is 0. The predicted octanol–water partition coefficient (Wildman–Crippen LogP) is 3.33. The Bertz CT molecular complexity index is 842. The van der Waals surface area contributed by atoms with Gasteiger partial charge in [0.1, 0.15) is 5.01 Å². The quantitative estimate of drug-likeness (QED) is 0.634. The number of carbonyl (C=O) groups is 1. The molecule has 3 N–H and O–H groups in total. The van der Waals surface area contributed by atoms with Crippen LogP contribution in [0.1, 0.15) is 6.92 Å². The van der Waals surface area contributed by atoms with Gasteiger partial charge < -0.3 is 15.5 Å². The minimum atomic E-state index is -0.175. The lowest BCUT2D eigenvalue weighted by Crippen LogP contribution is -2.05. The monoisotopic (exact) mass is 300 g/mol. The molecule has 21 heavy (non-hydrogen) atoms. The molecule has 0 saturated carbocycles. The topological polar surface area (TPSA) is 82.5 Å². The SMILES string of the molecule is CC(=O)Nc1ccc2nc(-c3ccc(O)c(O)c3)sc2c1. The number of aromatic nitrogens is 1. The summed E-state index contributed by atoms with van der Waals surface area (Å²) in [5.41, 5.74) is 2.27. The molecular formula is C15H12N2O3S. The van der Waals surface area contributed by atoms with Crippen molar-refractivity contribution in [3.8, 4) is 22.1 Å². The number of phenols is 2. The average molecular weight is 300 g/mol. The number of hydrogen-bond donors (Lipinski definition) is 3. The Morgan fingerprint density at radius 3 is 2.67 bits per heavy atom. The van der Waals surface area contributed by atoms with Crippen LogP contribution in [-0.2, 0) is 4.79 Å². The summed E-state index contributed by atoms with van der Waals surface area (Å²) in [6, 6.07) is 10.1. The van der Waals surface area contributed by atoms with Crippen LogP contribution in [0, 0.1) is 0 Å². The summed E-state index contributed by atoms with van der Waals surface area (Å²) >= 11 is 1.45. The van der Waals surface area contributed by atoms with E-state index in [9.17, 15) is 15.0 Å². The number of nitrogens with zero attached hydrogens (tertiary/aromatic N) is 1. The Balaban J connectivity index is 2.04. The number of fused-ring (bicyclic) bond motifs is 1. The van der Waals surface area contributed by atoms with Gasteiger partial charge in [0, 0.05) is 18.2 Å². The van der Waals surface area contributed by atoms with Crippen molar-refractivity contribution in [1.29, 1.82) is 0 Å². The first-order valence-electron chi connectivity index (χ1n) is 6.23. The molecule has 1 aromatic heterocycles. The van der Waals surface area contributed by atoms with E-state index < -0.39 is 0 Å². The maximum absolute atomic E-state index is 11.1. The van der Waals surface area contributed by atoms with Crippen LogP contribution in [0.15, 0.2) is 36.4 Å². The molecule has 5 nitrogen and oxygen atoms in total. The zero-order chi connectivity index (χ0) is 15.0. The first-order chi connectivity index (χ1) is 10.0. The van der Waals surface area contributed by atoms with Crippen molar-refractivity contribution in [2.45, 2.75) is 6.92 Å². The number of thiazole rings is 1. The van der Waals surface area contributed by atoms with Gasteiger partial charge in [-0.15, -0.1) is 11.3 Å². The van der Waals surface area contributed by atoms with Crippen molar-refractivity contribution in [1.82, 2.24) is 4.98 Å². The number of anilines is 1. The number of aromatic hydroxyl groups is 2. The molecule has 3 rings (SSSR count). The number of carbonyl (C=O) groups excluding carboxylic acids is 1. The highest BCUT2D eigenvalue weighted by atomic mass is 32.1. The molecular weight excluding hydrogens is 288 g/mol. The van der Waals surface area contributed by atoms with Crippen LogP contribution in [-0.4, -0.2) is 21.1 Å². The minimum absolute atomic E-state index is 0.123. The minimum Gasteiger partial charge on any atom is -0.504 e. The molecule has 0 bridgehead atoms. The number of hydrogen-bond acceptors (Lipinski definition) is 5. The van der Waals surface area contributed by atoms with Gasteiger partial charge in [0.15, 0.2) is 11.5 Å². The van der Waals surface area contributed by atoms with Gasteiger partial charge in [-0.3, -0.25) is 4.79 Å². The van der Waals surface area contributed by atoms with Crippen molar-refractivity contribution in [3.63, 3.8) is 0 Å². The molecule has 106 valence electrons. The van der Waals surface area contributed by atoms with Crippen LogP contribution < -0.4 is 5.32 Å². The van der Waals surface area contributed by atoms with Gasteiger partial charge in [-0.2, -0.15) is 0 Å². The van der Waals surface area contributed by atoms with E-state index in [-0.39, 0.29) is 17.4 Å². The lowest BCUT2D eigenvalue weighted by molar-refractivity contribution is -0.114. The maximum atomic E-state index is 11.1. The van der Waals surface area contributed by atoms with Gasteiger partial charge in [0.05, 0.1) is 10.2 Å². The van der Waals surface area contributed by atoms with Crippen molar-refractivity contribution in [2.24, 2.45) is 0 Å². The molecule has 2 aromatic carbocycles. The maximum Gasteiger partial charge on any atom is 0.221 e. The zero-order valence-corrected chi connectivity index (χ0v) is 11.9. The lowest BCUT2D eigenvalue weighted by Gasteiger charge is -2.00. The molecule has 0 aliphatic carbocycles. The van der Waals surface area contributed by atoms with Crippen LogP contribution in [0.25, 0.3) is 20.8 Å². The number of rotatable bonds is 2. The molecule has 0 spiro atoms. The summed E-state index contributed by atoms with van der Waals surface area (Å²) in [5, 5.41) is 22.4. The molecule has 3 aromatic rings. The molecule has 1 heterocycles. The second-order valence-corrected chi connectivity index (χ2v) is 5.62. The third kappa shape index (κ3) is 2.66. The second-order valence-electron chi connectivity index (χ2n) is 4.59. The summed E-state index contributed by atoms with van der Waals surface area (Å²) in [7, 11) is 0. The molecule has 0 atom stereocenters. The van der Waals surface area contributed by atoms with Crippen LogP contribution in [0.3, 0.4) is 0 Å². The highest BCUT2D eigenvalue weighted by Crippen LogP contribution is 2.35. The average Bonchev–Trinajstić information content (AvgIpc) is 2.84. The van der Waals surface area contributed by atoms with Gasteiger partial charge in [0.25, 0.3) is 0 Å². The van der Waals surface area contributed by atoms with E-state index in [0.717, 1.165) is 26.5 Å². The Kier molecular flexibility index (Phi) is 3.23. The third-order valence-corrected chi connectivity index (χ3v) is 4.00. The molecule has 0 aliphatic heterocycles. The van der Waals surface area contributed by atoms with E-state index in [2.05, 4.69) is 10.3 Å². The van der Waals surface area contributed by atoms with Crippen molar-refractivity contribution in [2.75, 3.05) is 5.32 Å². The number of nitrogens with one attached hydrogen (secondary N) is 1. The molecule has 0 saturated heterocycles. The van der Waals surface area contributed by atoms with Gasteiger partial charge in [0.2, 0.25) is 5.91 Å². The molecule has 0 radical (unpaired) electrons. The number of amides is 1. The lowest BCUT2D eigenvalue weighted by atomic mass is 10.2. The largest absolute Gasteiger partial charge is 0.504 e. The number of phenolic OH excluding ortho intramolecular Hbond substituents is 2. The van der Waals surface area contributed by atoms with Gasteiger partial charge >= 0.3 is 0 Å². The molecule has 6 heteroatoms. The fourth-order valence-corrected chi connectivity index (χ4v) is 2.99. The van der Waals surface area contributed by atoms with Crippen molar-refractivity contribution in [3.05, 3.63) is 36.4 Å². The summed E-state index contributed by atoms with van der Waals surface area (Å²) in [4.78, 5) is 15.6. The van der Waals surface area contributed by atoms with Gasteiger partial charge in [-0.05, 0) is 36.4 Å². The van der Waals surface area contributed by atoms with Crippen molar-refractivity contribution < 1.29 is 15.0 Å². The third-order valence-electron chi connectivity index (χ3n) is 2.93. The van der Waals surface area contributed by atoms with Crippen molar-refractivity contribution >= 4 is 33.1 Å². The van der Waals surface area contributed by atoms with E-state index in [4.69, 9.17) is 0 Å². The Hall–Kier alpha value is -2.60. The predicted molar refractivity (Wildman–Crippen MR) is 82.7 cm³/mol. The second kappa shape index (κ2) is 5.06. The molecule has 1 amide bonds. The fourth-order valence-electron chi connectivity index (χ4n) is 1.99.